The average Bonchev–Trinajstić information content (AvgIpc) is 3.22. The van der Waals surface area contributed by atoms with Crippen LogP contribution in [0, 0.1) is 17.8 Å². The highest BCUT2D eigenvalue weighted by atomic mass is 16.5. The number of nitrogens with zero attached hydrogens (tertiary/aromatic N) is 1. The fourth-order valence-electron chi connectivity index (χ4n) is 3.24. The quantitative estimate of drug-likeness (QED) is 0.631. The molecule has 2 unspecified atom stereocenters. The van der Waals surface area contributed by atoms with Crippen LogP contribution in [-0.2, 0) is 9.47 Å². The lowest BCUT2D eigenvalue weighted by Crippen LogP contribution is -2.46. The molecule has 4 atom stereocenters. The molecule has 0 bridgehead atoms. The van der Waals surface area contributed by atoms with Gasteiger partial charge in [0, 0.05) is 26.2 Å². The Morgan fingerprint density at radius 2 is 2.32 bits per heavy atom. The van der Waals surface area contributed by atoms with E-state index >= 15 is 0 Å². The monoisotopic (exact) mass is 267 g/mol. The molecule has 2 rings (SSSR count). The van der Waals surface area contributed by atoms with Gasteiger partial charge >= 0.3 is 0 Å². The molecule has 2 aliphatic rings. The minimum atomic E-state index is 0.264. The van der Waals surface area contributed by atoms with E-state index in [1.54, 1.807) is 0 Å². The van der Waals surface area contributed by atoms with E-state index in [9.17, 15) is 0 Å². The largest absolute Gasteiger partial charge is 0.379 e. The number of rotatable bonds is 8. The Morgan fingerprint density at radius 1 is 1.47 bits per heavy atom. The zero-order valence-electron chi connectivity index (χ0n) is 12.5. The summed E-state index contributed by atoms with van der Waals surface area (Å²) in [6.45, 7) is 14.0. The Morgan fingerprint density at radius 3 is 2.95 bits per heavy atom. The Bertz CT molecular complexity index is 282. The summed E-state index contributed by atoms with van der Waals surface area (Å²) in [5.74, 6) is 2.50. The van der Waals surface area contributed by atoms with E-state index in [-0.39, 0.29) is 6.10 Å². The topological polar surface area (TPSA) is 21.7 Å². The Labute approximate surface area is 117 Å². The van der Waals surface area contributed by atoms with Gasteiger partial charge in [-0.15, -0.1) is 6.58 Å². The normalized spacial score (nSPS) is 33.1. The lowest BCUT2D eigenvalue weighted by atomic mass is 9.98. The van der Waals surface area contributed by atoms with Crippen LogP contribution in [0.15, 0.2) is 12.7 Å². The zero-order valence-corrected chi connectivity index (χ0v) is 12.5. The molecule has 2 fully saturated rings. The van der Waals surface area contributed by atoms with E-state index in [1.165, 1.54) is 19.4 Å². The van der Waals surface area contributed by atoms with E-state index in [1.807, 2.05) is 6.92 Å². The van der Waals surface area contributed by atoms with Crippen LogP contribution in [0.3, 0.4) is 0 Å². The van der Waals surface area contributed by atoms with E-state index in [2.05, 4.69) is 24.5 Å². The first-order valence-corrected chi connectivity index (χ1v) is 7.82. The fourth-order valence-corrected chi connectivity index (χ4v) is 3.24. The van der Waals surface area contributed by atoms with Crippen LogP contribution in [0.25, 0.3) is 0 Å². The van der Waals surface area contributed by atoms with Crippen LogP contribution in [0.2, 0.25) is 0 Å². The highest BCUT2D eigenvalue weighted by molar-refractivity contribution is 5.01. The summed E-state index contributed by atoms with van der Waals surface area (Å²) < 4.78 is 11.2. The van der Waals surface area contributed by atoms with Crippen molar-refractivity contribution in [3.8, 4) is 0 Å². The van der Waals surface area contributed by atoms with Crippen molar-refractivity contribution in [3.63, 3.8) is 0 Å². The molecular weight excluding hydrogens is 238 g/mol. The van der Waals surface area contributed by atoms with Crippen LogP contribution in [0.5, 0.6) is 0 Å². The first-order valence-electron chi connectivity index (χ1n) is 7.82. The molecule has 19 heavy (non-hydrogen) atoms. The van der Waals surface area contributed by atoms with Gasteiger partial charge in [-0.1, -0.05) is 19.4 Å². The number of allylic oxidation sites excluding steroid dienone is 1. The van der Waals surface area contributed by atoms with Crippen molar-refractivity contribution in [2.75, 3.05) is 39.5 Å². The van der Waals surface area contributed by atoms with Crippen LogP contribution in [0.4, 0.5) is 0 Å². The predicted molar refractivity (Wildman–Crippen MR) is 78.2 cm³/mol. The third-order valence-electron chi connectivity index (χ3n) is 4.55. The van der Waals surface area contributed by atoms with Crippen molar-refractivity contribution in [1.82, 2.24) is 4.90 Å². The third-order valence-corrected chi connectivity index (χ3v) is 4.55. The van der Waals surface area contributed by atoms with Gasteiger partial charge in [-0.05, 0) is 31.1 Å². The van der Waals surface area contributed by atoms with Gasteiger partial charge in [-0.25, -0.2) is 0 Å². The second kappa shape index (κ2) is 7.41. The number of morpholine rings is 1. The van der Waals surface area contributed by atoms with E-state index in [0.29, 0.717) is 0 Å². The van der Waals surface area contributed by atoms with E-state index in [4.69, 9.17) is 9.47 Å². The summed E-state index contributed by atoms with van der Waals surface area (Å²) in [6, 6.07) is 0. The molecule has 3 heteroatoms. The highest BCUT2D eigenvalue weighted by Gasteiger charge is 2.40. The van der Waals surface area contributed by atoms with Crippen molar-refractivity contribution in [1.29, 1.82) is 0 Å². The summed E-state index contributed by atoms with van der Waals surface area (Å²) >= 11 is 0. The highest BCUT2D eigenvalue weighted by Crippen LogP contribution is 2.46. The second-order valence-corrected chi connectivity index (χ2v) is 5.88. The van der Waals surface area contributed by atoms with Gasteiger partial charge in [0.2, 0.25) is 0 Å². The minimum Gasteiger partial charge on any atom is -0.379 e. The summed E-state index contributed by atoms with van der Waals surface area (Å²) in [4.78, 5) is 2.57. The standard InChI is InChI=1S/C16H29NO2/c1-4-13-9-16(13)14(5-2)10-17-7-8-19-15(11-17)12-18-6-3/h4,13-16H,1,5-12H2,2-3H3/t13-,14?,15-,16?/m0/s1. The smallest absolute Gasteiger partial charge is 0.0935 e. The van der Waals surface area contributed by atoms with Crippen LogP contribution in [-0.4, -0.2) is 50.5 Å². The van der Waals surface area contributed by atoms with Gasteiger partial charge in [0.05, 0.1) is 19.3 Å². The molecule has 1 saturated heterocycles. The van der Waals surface area contributed by atoms with Gasteiger partial charge in [-0.2, -0.15) is 0 Å². The van der Waals surface area contributed by atoms with Gasteiger partial charge in [0.25, 0.3) is 0 Å². The summed E-state index contributed by atoms with van der Waals surface area (Å²) in [6.07, 6.45) is 5.04. The Balaban J connectivity index is 1.75. The first kappa shape index (κ1) is 15.0. The van der Waals surface area contributed by atoms with E-state index < -0.39 is 0 Å². The lowest BCUT2D eigenvalue weighted by Gasteiger charge is -2.35. The van der Waals surface area contributed by atoms with Crippen LogP contribution < -0.4 is 0 Å². The molecule has 110 valence electrons. The molecule has 0 aromatic rings. The van der Waals surface area contributed by atoms with Crippen molar-refractivity contribution in [2.45, 2.75) is 32.8 Å². The number of ether oxygens (including phenoxy) is 2. The molecular formula is C16H29NO2. The summed E-state index contributed by atoms with van der Waals surface area (Å²) in [5, 5.41) is 0. The van der Waals surface area contributed by atoms with Gasteiger partial charge in [0.15, 0.2) is 0 Å². The van der Waals surface area contributed by atoms with Crippen molar-refractivity contribution in [3.05, 3.63) is 12.7 Å². The molecule has 0 aromatic heterocycles. The Kier molecular flexibility index (Phi) is 5.86. The maximum Gasteiger partial charge on any atom is 0.0935 e. The first-order chi connectivity index (χ1) is 9.28. The average molecular weight is 267 g/mol. The second-order valence-electron chi connectivity index (χ2n) is 5.88. The molecule has 0 spiro atoms. The maximum atomic E-state index is 5.76. The van der Waals surface area contributed by atoms with Crippen LogP contribution in [0.1, 0.15) is 26.7 Å². The van der Waals surface area contributed by atoms with E-state index in [0.717, 1.165) is 50.7 Å². The lowest BCUT2D eigenvalue weighted by molar-refractivity contribution is -0.0709. The summed E-state index contributed by atoms with van der Waals surface area (Å²) in [7, 11) is 0. The van der Waals surface area contributed by atoms with Crippen molar-refractivity contribution in [2.24, 2.45) is 17.8 Å². The molecule has 0 radical (unpaired) electrons. The number of hydrogen-bond donors (Lipinski definition) is 0. The molecule has 0 N–H and O–H groups in total. The van der Waals surface area contributed by atoms with Crippen molar-refractivity contribution >= 4 is 0 Å². The Hall–Kier alpha value is -0.380. The number of hydrogen-bond acceptors (Lipinski definition) is 3. The van der Waals surface area contributed by atoms with Gasteiger partial charge < -0.3 is 9.47 Å². The molecule has 1 saturated carbocycles. The summed E-state index contributed by atoms with van der Waals surface area (Å²) in [5.41, 5.74) is 0. The fraction of sp³-hybridized carbons (Fsp3) is 0.875. The molecule has 3 nitrogen and oxygen atoms in total. The van der Waals surface area contributed by atoms with Crippen LogP contribution >= 0.6 is 0 Å². The third kappa shape index (κ3) is 4.30. The molecule has 0 amide bonds. The SMILES string of the molecule is C=C[C@H]1CC1C(CC)CN1CCO[C@H](COCC)C1. The van der Waals surface area contributed by atoms with Crippen molar-refractivity contribution < 1.29 is 9.47 Å². The molecule has 1 aliphatic heterocycles. The molecule has 0 aromatic carbocycles. The molecule has 1 aliphatic carbocycles. The minimum absolute atomic E-state index is 0.264. The molecule has 1 heterocycles. The van der Waals surface area contributed by atoms with Gasteiger partial charge in [-0.3, -0.25) is 4.90 Å². The maximum absolute atomic E-state index is 5.76. The van der Waals surface area contributed by atoms with Gasteiger partial charge in [0.1, 0.15) is 0 Å². The zero-order chi connectivity index (χ0) is 13.7. The predicted octanol–water partition coefficient (Wildman–Crippen LogP) is 2.57.